The number of piperidine rings is 1. The van der Waals surface area contributed by atoms with Gasteiger partial charge in [0, 0.05) is 13.1 Å². The number of nitrogens with zero attached hydrogens (tertiary/aromatic N) is 2. The molecule has 1 N–H and O–H groups in total. The van der Waals surface area contributed by atoms with E-state index in [9.17, 15) is 23.3 Å². The summed E-state index contributed by atoms with van der Waals surface area (Å²) in [5, 5.41) is 14.2. The molecule has 8 nitrogen and oxygen atoms in total. The molecule has 2 aromatic heterocycles. The van der Waals surface area contributed by atoms with Crippen molar-refractivity contribution < 1.29 is 22.7 Å². The largest absolute Gasteiger partial charge is 0.462 e. The summed E-state index contributed by atoms with van der Waals surface area (Å²) in [6.45, 7) is 3.96. The van der Waals surface area contributed by atoms with Crippen molar-refractivity contribution in [1.82, 2.24) is 4.31 Å². The molecule has 1 atom stereocenters. The van der Waals surface area contributed by atoms with Crippen LogP contribution in [0.4, 0.5) is 5.00 Å². The summed E-state index contributed by atoms with van der Waals surface area (Å²) < 4.78 is 32.1. The van der Waals surface area contributed by atoms with Crippen LogP contribution in [0, 0.1) is 24.2 Å². The second-order valence-electron chi connectivity index (χ2n) is 6.72. The van der Waals surface area contributed by atoms with Crippen molar-refractivity contribution >= 4 is 49.6 Å². The molecule has 0 radical (unpaired) electrons. The molecule has 0 spiro atoms. The average molecular weight is 468 g/mol. The van der Waals surface area contributed by atoms with E-state index < -0.39 is 21.9 Å². The second kappa shape index (κ2) is 9.26. The molecule has 1 fully saturated rings. The normalized spacial score (nSPS) is 17.3. The lowest BCUT2D eigenvalue weighted by Gasteiger charge is -2.30. The predicted molar refractivity (Wildman–Crippen MR) is 114 cm³/mol. The van der Waals surface area contributed by atoms with Crippen LogP contribution < -0.4 is 5.32 Å². The lowest BCUT2D eigenvalue weighted by atomic mass is 9.99. The zero-order valence-electron chi connectivity index (χ0n) is 16.5. The molecule has 3 heterocycles. The van der Waals surface area contributed by atoms with Crippen LogP contribution in [0.5, 0.6) is 0 Å². The van der Waals surface area contributed by atoms with Gasteiger partial charge >= 0.3 is 5.97 Å². The van der Waals surface area contributed by atoms with Crippen molar-refractivity contribution in [2.75, 3.05) is 25.0 Å². The van der Waals surface area contributed by atoms with Gasteiger partial charge in [-0.2, -0.15) is 9.57 Å². The number of esters is 1. The molecule has 0 bridgehead atoms. The summed E-state index contributed by atoms with van der Waals surface area (Å²) in [7, 11) is -3.63. The Morgan fingerprint density at radius 2 is 2.20 bits per heavy atom. The Labute approximate surface area is 183 Å². The Kier molecular flexibility index (Phi) is 6.92. The number of nitriles is 1. The van der Waals surface area contributed by atoms with Gasteiger partial charge in [0.25, 0.3) is 10.0 Å². The number of hydrogen-bond donors (Lipinski definition) is 1. The Hall–Kier alpha value is -2.26. The van der Waals surface area contributed by atoms with E-state index in [1.165, 1.54) is 4.31 Å². The van der Waals surface area contributed by atoms with E-state index in [2.05, 4.69) is 5.32 Å². The number of hydrogen-bond acceptors (Lipinski definition) is 8. The lowest BCUT2D eigenvalue weighted by Crippen LogP contribution is -2.43. The molecule has 1 saturated heterocycles. The van der Waals surface area contributed by atoms with Crippen molar-refractivity contribution in [2.45, 2.75) is 30.9 Å². The van der Waals surface area contributed by atoms with E-state index in [1.807, 2.05) is 6.07 Å². The van der Waals surface area contributed by atoms with Crippen LogP contribution in [0.1, 0.15) is 40.6 Å². The quantitative estimate of drug-likeness (QED) is 0.652. The molecule has 0 aliphatic carbocycles. The van der Waals surface area contributed by atoms with Gasteiger partial charge in [-0.1, -0.05) is 6.07 Å². The molecule has 1 amide bonds. The first-order valence-corrected chi connectivity index (χ1v) is 12.5. The molecule has 1 aliphatic heterocycles. The third-order valence-corrected chi connectivity index (χ3v) is 9.23. The topological polar surface area (TPSA) is 117 Å². The zero-order valence-corrected chi connectivity index (χ0v) is 19.0. The summed E-state index contributed by atoms with van der Waals surface area (Å²) >= 11 is 2.14. The highest BCUT2D eigenvalue weighted by Gasteiger charge is 2.34. The summed E-state index contributed by atoms with van der Waals surface area (Å²) in [5.41, 5.74) is 0.678. The van der Waals surface area contributed by atoms with Crippen LogP contribution in [0.15, 0.2) is 21.7 Å². The number of anilines is 1. The SMILES string of the molecule is CCOC(=O)c1sc(NC(=O)C2CCCN(S(=O)(=O)c3cccs3)C2)c(C#N)c1C. The standard InChI is InChI=1S/C19H21N3O5S3/c1-3-27-19(24)16-12(2)14(10-20)18(29-16)21-17(23)13-6-4-8-22(11-13)30(25,26)15-7-5-9-28-15/h5,7,9,13H,3-4,6,8,11H2,1-2H3,(H,21,23). The molecule has 3 rings (SSSR count). The van der Waals surface area contributed by atoms with Crippen molar-refractivity contribution in [3.63, 3.8) is 0 Å². The molecule has 0 aromatic carbocycles. The number of carbonyl (C=O) groups excluding carboxylic acids is 2. The molecular weight excluding hydrogens is 446 g/mol. The van der Waals surface area contributed by atoms with Gasteiger partial charge in [0.15, 0.2) is 0 Å². The van der Waals surface area contributed by atoms with Crippen molar-refractivity contribution in [1.29, 1.82) is 5.26 Å². The molecule has 1 unspecified atom stereocenters. The highest BCUT2D eigenvalue weighted by atomic mass is 32.2. The van der Waals surface area contributed by atoms with Crippen molar-refractivity contribution in [2.24, 2.45) is 5.92 Å². The van der Waals surface area contributed by atoms with Crippen LogP contribution in [-0.2, 0) is 19.6 Å². The van der Waals surface area contributed by atoms with Gasteiger partial charge in [-0.05, 0) is 43.7 Å². The van der Waals surface area contributed by atoms with Crippen LogP contribution in [-0.4, -0.2) is 44.3 Å². The van der Waals surface area contributed by atoms with E-state index >= 15 is 0 Å². The first kappa shape index (κ1) is 22.4. The average Bonchev–Trinajstić information content (AvgIpc) is 3.37. The number of ether oxygens (including phenoxy) is 1. The first-order valence-electron chi connectivity index (χ1n) is 9.34. The van der Waals surface area contributed by atoms with Gasteiger partial charge in [-0.3, -0.25) is 4.79 Å². The maximum atomic E-state index is 12.9. The zero-order chi connectivity index (χ0) is 21.9. The minimum Gasteiger partial charge on any atom is -0.462 e. The fourth-order valence-corrected chi connectivity index (χ4v) is 6.98. The number of rotatable bonds is 6. The van der Waals surface area contributed by atoms with Gasteiger partial charge < -0.3 is 10.1 Å². The molecule has 160 valence electrons. The number of carbonyl (C=O) groups is 2. The van der Waals surface area contributed by atoms with E-state index in [4.69, 9.17) is 4.74 Å². The molecule has 0 saturated carbocycles. The van der Waals surface area contributed by atoms with Crippen LogP contribution in [0.25, 0.3) is 0 Å². The number of nitrogens with one attached hydrogen (secondary N) is 1. The monoisotopic (exact) mass is 467 g/mol. The van der Waals surface area contributed by atoms with Gasteiger partial charge in [0.1, 0.15) is 20.2 Å². The minimum atomic E-state index is -3.63. The molecular formula is C19H21N3O5S3. The van der Waals surface area contributed by atoms with E-state index in [0.29, 0.717) is 24.9 Å². The smallest absolute Gasteiger partial charge is 0.348 e. The number of thiophene rings is 2. The van der Waals surface area contributed by atoms with Gasteiger partial charge in [0.2, 0.25) is 5.91 Å². The fourth-order valence-electron chi connectivity index (χ4n) is 3.25. The fraction of sp³-hybridized carbons (Fsp3) is 0.421. The van der Waals surface area contributed by atoms with Crippen molar-refractivity contribution in [3.05, 3.63) is 33.5 Å². The Morgan fingerprint density at radius 1 is 1.43 bits per heavy atom. The summed E-state index contributed by atoms with van der Waals surface area (Å²) in [4.78, 5) is 25.2. The first-order chi connectivity index (χ1) is 14.3. The molecule has 11 heteroatoms. The van der Waals surface area contributed by atoms with Gasteiger partial charge in [-0.25, -0.2) is 13.2 Å². The van der Waals surface area contributed by atoms with E-state index in [1.54, 1.807) is 31.4 Å². The third-order valence-electron chi connectivity index (χ3n) is 4.80. The summed E-state index contributed by atoms with van der Waals surface area (Å²) in [6.07, 6.45) is 1.10. The third kappa shape index (κ3) is 4.41. The van der Waals surface area contributed by atoms with Crippen LogP contribution in [0.2, 0.25) is 0 Å². The Balaban J connectivity index is 1.77. The summed E-state index contributed by atoms with van der Waals surface area (Å²) in [5.74, 6) is -1.45. The molecule has 30 heavy (non-hydrogen) atoms. The lowest BCUT2D eigenvalue weighted by molar-refractivity contribution is -0.120. The molecule has 2 aromatic rings. The highest BCUT2D eigenvalue weighted by Crippen LogP contribution is 2.34. The second-order valence-corrected chi connectivity index (χ2v) is 10.8. The number of sulfonamides is 1. The van der Waals surface area contributed by atoms with Crippen LogP contribution >= 0.6 is 22.7 Å². The van der Waals surface area contributed by atoms with E-state index in [-0.39, 0.29) is 38.7 Å². The van der Waals surface area contributed by atoms with E-state index in [0.717, 1.165) is 22.7 Å². The highest BCUT2D eigenvalue weighted by molar-refractivity contribution is 7.91. The van der Waals surface area contributed by atoms with Gasteiger partial charge in [-0.15, -0.1) is 22.7 Å². The Bertz CT molecular complexity index is 1080. The maximum absolute atomic E-state index is 12.9. The Morgan fingerprint density at radius 3 is 2.83 bits per heavy atom. The molecule has 1 aliphatic rings. The van der Waals surface area contributed by atoms with Crippen LogP contribution in [0.3, 0.4) is 0 Å². The summed E-state index contributed by atoms with van der Waals surface area (Å²) in [6, 6.07) is 5.25. The minimum absolute atomic E-state index is 0.0725. The number of amides is 1. The predicted octanol–water partition coefficient (Wildman–Crippen LogP) is 3.21. The maximum Gasteiger partial charge on any atom is 0.348 e. The van der Waals surface area contributed by atoms with Gasteiger partial charge in [0.05, 0.1) is 18.1 Å². The van der Waals surface area contributed by atoms with Crippen molar-refractivity contribution in [3.8, 4) is 6.07 Å².